The molecule has 2 N–H and O–H groups in total. The second-order valence-electron chi connectivity index (χ2n) is 8.10. The number of piperidine rings is 1. The molecule has 29 heavy (non-hydrogen) atoms. The summed E-state index contributed by atoms with van der Waals surface area (Å²) in [6.07, 6.45) is 2.49. The Kier molecular flexibility index (Phi) is 5.27. The van der Waals surface area contributed by atoms with Gasteiger partial charge >= 0.3 is 6.03 Å². The van der Waals surface area contributed by atoms with Gasteiger partial charge in [0.25, 0.3) is 5.91 Å². The van der Waals surface area contributed by atoms with Crippen molar-refractivity contribution in [2.45, 2.75) is 25.3 Å². The van der Waals surface area contributed by atoms with Crippen LogP contribution in [0, 0.1) is 0 Å². The highest BCUT2D eigenvalue weighted by atomic mass is 16.2. The zero-order valence-corrected chi connectivity index (χ0v) is 16.9. The largest absolute Gasteiger partial charge is 0.350 e. The van der Waals surface area contributed by atoms with E-state index in [9.17, 15) is 14.4 Å². The molecule has 2 aliphatic heterocycles. The number of likely N-dealkylation sites (N-methyl/N-ethyl adjacent to an activating group) is 1. The summed E-state index contributed by atoms with van der Waals surface area (Å²) >= 11 is 0. The van der Waals surface area contributed by atoms with Gasteiger partial charge in [0, 0.05) is 43.0 Å². The first kappa shape index (κ1) is 19.4. The molecule has 0 radical (unpaired) electrons. The first-order valence-electron chi connectivity index (χ1n) is 10.1. The molecule has 2 aromatic rings. The highest BCUT2D eigenvalue weighted by Crippen LogP contribution is 2.26. The van der Waals surface area contributed by atoms with Crippen LogP contribution in [0.3, 0.4) is 0 Å². The predicted octanol–water partition coefficient (Wildman–Crippen LogP) is 2.14. The molecule has 0 bridgehead atoms. The minimum atomic E-state index is -0.290. The number of amides is 3. The van der Waals surface area contributed by atoms with Crippen LogP contribution < -0.4 is 5.32 Å². The molecule has 1 aromatic heterocycles. The Morgan fingerprint density at radius 1 is 1.21 bits per heavy atom. The number of nitrogens with one attached hydrogen (secondary N) is 2. The van der Waals surface area contributed by atoms with Crippen molar-refractivity contribution in [1.82, 2.24) is 19.7 Å². The summed E-state index contributed by atoms with van der Waals surface area (Å²) in [5.41, 5.74) is 1.95. The summed E-state index contributed by atoms with van der Waals surface area (Å²) < 4.78 is 0. The third-order valence-corrected chi connectivity index (χ3v) is 5.87. The average molecular weight is 397 g/mol. The molecule has 3 heterocycles. The summed E-state index contributed by atoms with van der Waals surface area (Å²) in [5.74, 6) is 0.0561. The first-order chi connectivity index (χ1) is 13.9. The van der Waals surface area contributed by atoms with Crippen molar-refractivity contribution >= 4 is 34.3 Å². The van der Waals surface area contributed by atoms with Crippen LogP contribution in [0.2, 0.25) is 0 Å². The molecule has 8 heteroatoms. The Bertz CT molecular complexity index is 951. The maximum Gasteiger partial charge on any atom is 0.322 e. The number of aromatic amines is 1. The van der Waals surface area contributed by atoms with Crippen LogP contribution in [0.4, 0.5) is 10.5 Å². The van der Waals surface area contributed by atoms with Crippen molar-refractivity contribution in [2.24, 2.45) is 0 Å². The number of likely N-dealkylation sites (tertiary alicyclic amines) is 2. The van der Waals surface area contributed by atoms with Crippen LogP contribution >= 0.6 is 0 Å². The van der Waals surface area contributed by atoms with E-state index < -0.39 is 0 Å². The zero-order valence-electron chi connectivity index (χ0n) is 16.9. The van der Waals surface area contributed by atoms with Crippen molar-refractivity contribution < 1.29 is 14.4 Å². The van der Waals surface area contributed by atoms with E-state index in [4.69, 9.17) is 0 Å². The standard InChI is InChI=1S/C21H27N5O3/c1-24(2)14-5-4-9-25(12-14)20(28)19-11-16-17(22-19)6-3-7-18(16)23-21(29)26-10-8-15(27)13-26/h3,6-7,11,14,22H,4-5,8-10,12-13H2,1-2H3,(H,23,29). The van der Waals surface area contributed by atoms with Gasteiger partial charge in [-0.05, 0) is 45.1 Å². The molecular weight excluding hydrogens is 370 g/mol. The minimum Gasteiger partial charge on any atom is -0.350 e. The molecule has 0 saturated carbocycles. The number of benzene rings is 1. The van der Waals surface area contributed by atoms with E-state index in [-0.39, 0.29) is 24.3 Å². The molecule has 8 nitrogen and oxygen atoms in total. The lowest BCUT2D eigenvalue weighted by molar-refractivity contribution is -0.116. The van der Waals surface area contributed by atoms with Crippen LogP contribution in [0.1, 0.15) is 29.8 Å². The van der Waals surface area contributed by atoms with Crippen LogP contribution in [0.15, 0.2) is 24.3 Å². The maximum absolute atomic E-state index is 13.1. The number of H-pyrrole nitrogens is 1. The van der Waals surface area contributed by atoms with Crippen molar-refractivity contribution in [1.29, 1.82) is 0 Å². The van der Waals surface area contributed by atoms with Crippen LogP contribution in [0.25, 0.3) is 10.9 Å². The van der Waals surface area contributed by atoms with Crippen LogP contribution in [-0.4, -0.2) is 83.7 Å². The van der Waals surface area contributed by atoms with E-state index in [2.05, 4.69) is 15.2 Å². The van der Waals surface area contributed by atoms with Gasteiger partial charge in [0.2, 0.25) is 0 Å². The molecule has 2 fully saturated rings. The van der Waals surface area contributed by atoms with Crippen molar-refractivity contribution in [3.05, 3.63) is 30.0 Å². The maximum atomic E-state index is 13.1. The zero-order chi connectivity index (χ0) is 20.5. The lowest BCUT2D eigenvalue weighted by atomic mass is 10.0. The smallest absolute Gasteiger partial charge is 0.322 e. The lowest BCUT2D eigenvalue weighted by Crippen LogP contribution is -2.47. The van der Waals surface area contributed by atoms with Crippen molar-refractivity contribution in [2.75, 3.05) is 45.6 Å². The lowest BCUT2D eigenvalue weighted by Gasteiger charge is -2.35. The van der Waals surface area contributed by atoms with E-state index in [1.807, 2.05) is 43.3 Å². The number of aromatic nitrogens is 1. The molecule has 1 unspecified atom stereocenters. The number of anilines is 1. The van der Waals surface area contributed by atoms with Gasteiger partial charge in [-0.2, -0.15) is 0 Å². The van der Waals surface area contributed by atoms with Crippen molar-refractivity contribution in [3.63, 3.8) is 0 Å². The van der Waals surface area contributed by atoms with Gasteiger partial charge in [-0.3, -0.25) is 9.59 Å². The molecule has 1 aromatic carbocycles. The first-order valence-corrected chi connectivity index (χ1v) is 10.1. The van der Waals surface area contributed by atoms with Gasteiger partial charge in [0.15, 0.2) is 5.78 Å². The average Bonchev–Trinajstić information content (AvgIpc) is 3.34. The van der Waals surface area contributed by atoms with E-state index in [1.165, 1.54) is 4.90 Å². The van der Waals surface area contributed by atoms with Crippen LogP contribution in [-0.2, 0) is 4.79 Å². The third-order valence-electron chi connectivity index (χ3n) is 5.87. The molecule has 3 amide bonds. The SMILES string of the molecule is CN(C)C1CCCN(C(=O)c2cc3c(NC(=O)N4CCC(=O)C4)cccc3[nH]2)C1. The Morgan fingerprint density at radius 2 is 2.03 bits per heavy atom. The molecule has 4 rings (SSSR count). The highest BCUT2D eigenvalue weighted by Gasteiger charge is 2.27. The summed E-state index contributed by atoms with van der Waals surface area (Å²) in [7, 11) is 4.09. The Morgan fingerprint density at radius 3 is 2.76 bits per heavy atom. The number of hydrogen-bond donors (Lipinski definition) is 2. The monoisotopic (exact) mass is 397 g/mol. The summed E-state index contributed by atoms with van der Waals surface area (Å²) in [5, 5.41) is 3.67. The van der Waals surface area contributed by atoms with Gasteiger partial charge < -0.3 is 25.0 Å². The Labute approximate surface area is 169 Å². The van der Waals surface area contributed by atoms with E-state index in [0.29, 0.717) is 36.9 Å². The summed E-state index contributed by atoms with van der Waals surface area (Å²) in [6, 6.07) is 7.42. The second kappa shape index (κ2) is 7.87. The topological polar surface area (TPSA) is 88.8 Å². The predicted molar refractivity (Wildman–Crippen MR) is 111 cm³/mol. The number of Topliss-reactive ketones (excluding diaryl/α,β-unsaturated/α-hetero) is 1. The minimum absolute atomic E-state index is 0.0184. The number of nitrogens with zero attached hydrogens (tertiary/aromatic N) is 3. The molecule has 0 aliphatic carbocycles. The number of rotatable bonds is 3. The van der Waals surface area contributed by atoms with Crippen LogP contribution in [0.5, 0.6) is 0 Å². The highest BCUT2D eigenvalue weighted by molar-refractivity contribution is 6.06. The Balaban J connectivity index is 1.53. The van der Waals surface area contributed by atoms with E-state index in [0.717, 1.165) is 30.3 Å². The van der Waals surface area contributed by atoms with E-state index in [1.54, 1.807) is 0 Å². The molecule has 154 valence electrons. The number of carbonyl (C=O) groups is 3. The molecule has 1 atom stereocenters. The number of urea groups is 1. The normalized spacial score (nSPS) is 20.0. The van der Waals surface area contributed by atoms with Gasteiger partial charge in [-0.1, -0.05) is 6.07 Å². The fraction of sp³-hybridized carbons (Fsp3) is 0.476. The van der Waals surface area contributed by atoms with Crippen molar-refractivity contribution in [3.8, 4) is 0 Å². The number of carbonyl (C=O) groups excluding carboxylic acids is 3. The summed E-state index contributed by atoms with van der Waals surface area (Å²) in [4.78, 5) is 45.7. The molecule has 0 spiro atoms. The fourth-order valence-electron chi connectivity index (χ4n) is 4.11. The van der Waals surface area contributed by atoms with Gasteiger partial charge in [-0.25, -0.2) is 4.79 Å². The number of hydrogen-bond acceptors (Lipinski definition) is 4. The van der Waals surface area contributed by atoms with Gasteiger partial charge in [0.05, 0.1) is 12.2 Å². The van der Waals surface area contributed by atoms with Gasteiger partial charge in [-0.15, -0.1) is 0 Å². The third kappa shape index (κ3) is 3.98. The van der Waals surface area contributed by atoms with Gasteiger partial charge in [0.1, 0.15) is 5.69 Å². The second-order valence-corrected chi connectivity index (χ2v) is 8.10. The summed E-state index contributed by atoms with van der Waals surface area (Å²) in [6.45, 7) is 2.07. The Hall–Kier alpha value is -2.87. The van der Waals surface area contributed by atoms with E-state index >= 15 is 0 Å². The molecule has 2 saturated heterocycles. The molecule has 2 aliphatic rings. The fourth-order valence-corrected chi connectivity index (χ4v) is 4.11. The number of fused-ring (bicyclic) bond motifs is 1. The number of ketones is 1. The quantitative estimate of drug-likeness (QED) is 0.831. The molecular formula is C21H27N5O3.